The Morgan fingerprint density at radius 2 is 1.88 bits per heavy atom. The van der Waals surface area contributed by atoms with E-state index in [1.807, 2.05) is 6.07 Å². The van der Waals surface area contributed by atoms with Crippen LogP contribution < -0.4 is 4.90 Å². The summed E-state index contributed by atoms with van der Waals surface area (Å²) in [4.78, 5) is 23.4. The Kier molecular flexibility index (Phi) is 4.51. The summed E-state index contributed by atoms with van der Waals surface area (Å²) in [6.07, 6.45) is -0.324. The number of benzene rings is 1. The van der Waals surface area contributed by atoms with E-state index in [0.29, 0.717) is 12.1 Å². The van der Waals surface area contributed by atoms with E-state index < -0.39 is 6.09 Å². The molecule has 16 heavy (non-hydrogen) atoms. The normalized spacial score (nSPS) is 9.81. The average Bonchev–Trinajstić information content (AvgIpc) is 2.30. The molecule has 1 aromatic carbocycles. The molecule has 4 heteroatoms. The Morgan fingerprint density at radius 1 is 1.25 bits per heavy atom. The lowest BCUT2D eigenvalue weighted by Crippen LogP contribution is -2.31. The van der Waals surface area contributed by atoms with Crippen molar-refractivity contribution in [1.29, 1.82) is 0 Å². The first-order chi connectivity index (χ1) is 7.65. The molecular weight excluding hydrogens is 206 g/mol. The van der Waals surface area contributed by atoms with Gasteiger partial charge in [-0.1, -0.05) is 25.1 Å². The van der Waals surface area contributed by atoms with Crippen LogP contribution in [0.1, 0.15) is 19.8 Å². The van der Waals surface area contributed by atoms with Gasteiger partial charge in [-0.2, -0.15) is 0 Å². The molecule has 0 saturated carbocycles. The molecule has 1 rings (SSSR count). The number of carbonyl (C=O) groups is 2. The third-order valence-corrected chi connectivity index (χ3v) is 2.31. The number of carboxylic acid groups (broad SMARTS) is 1. The van der Waals surface area contributed by atoms with E-state index in [1.54, 1.807) is 31.2 Å². The smallest absolute Gasteiger partial charge is 0.411 e. The molecule has 0 aliphatic rings. The largest absolute Gasteiger partial charge is 0.465 e. The number of rotatable bonds is 5. The highest BCUT2D eigenvalue weighted by atomic mass is 16.4. The fourth-order valence-electron chi connectivity index (χ4n) is 1.36. The van der Waals surface area contributed by atoms with Gasteiger partial charge in [0.15, 0.2) is 0 Å². The monoisotopic (exact) mass is 221 g/mol. The topological polar surface area (TPSA) is 57.6 Å². The molecule has 0 aromatic heterocycles. The molecule has 0 aliphatic carbocycles. The highest BCUT2D eigenvalue weighted by Gasteiger charge is 2.14. The maximum atomic E-state index is 11.2. The van der Waals surface area contributed by atoms with Crippen molar-refractivity contribution >= 4 is 17.6 Å². The number of amides is 1. The number of Topliss-reactive ketones (excluding diaryl/α,β-unsaturated/α-hetero) is 1. The summed E-state index contributed by atoms with van der Waals surface area (Å²) in [6.45, 7) is 1.99. The highest BCUT2D eigenvalue weighted by molar-refractivity contribution is 5.87. The number of carbonyl (C=O) groups excluding carboxylic acids is 1. The number of anilines is 1. The number of nitrogens with zero attached hydrogens (tertiary/aromatic N) is 1. The van der Waals surface area contributed by atoms with E-state index in [2.05, 4.69) is 0 Å². The van der Waals surface area contributed by atoms with Crippen molar-refractivity contribution in [2.45, 2.75) is 19.8 Å². The van der Waals surface area contributed by atoms with Gasteiger partial charge in [-0.25, -0.2) is 4.79 Å². The molecule has 1 amide bonds. The van der Waals surface area contributed by atoms with Crippen molar-refractivity contribution in [3.05, 3.63) is 30.3 Å². The minimum absolute atomic E-state index is 0.0715. The minimum atomic E-state index is -1.03. The van der Waals surface area contributed by atoms with Gasteiger partial charge in [0.05, 0.1) is 0 Å². The van der Waals surface area contributed by atoms with Gasteiger partial charge in [0.2, 0.25) is 0 Å². The summed E-state index contributed by atoms with van der Waals surface area (Å²) < 4.78 is 0. The molecule has 0 unspecified atom stereocenters. The van der Waals surface area contributed by atoms with Crippen LogP contribution >= 0.6 is 0 Å². The summed E-state index contributed by atoms with van der Waals surface area (Å²) in [5, 5.41) is 9.03. The fourth-order valence-corrected chi connectivity index (χ4v) is 1.36. The van der Waals surface area contributed by atoms with Gasteiger partial charge in [-0.3, -0.25) is 9.69 Å². The molecule has 0 heterocycles. The summed E-state index contributed by atoms with van der Waals surface area (Å²) in [5.41, 5.74) is 0.596. The molecule has 0 saturated heterocycles. The molecule has 0 spiro atoms. The fraction of sp³-hybridized carbons (Fsp3) is 0.333. The molecular formula is C12H15NO3. The van der Waals surface area contributed by atoms with E-state index in [0.717, 1.165) is 0 Å². The average molecular weight is 221 g/mol. The van der Waals surface area contributed by atoms with Gasteiger partial charge >= 0.3 is 6.09 Å². The second-order valence-corrected chi connectivity index (χ2v) is 3.41. The number of hydrogen-bond acceptors (Lipinski definition) is 2. The third kappa shape index (κ3) is 3.38. The standard InChI is InChI=1S/C12H15NO3/c1-2-11(14)8-9-13(12(15)16)10-6-4-3-5-7-10/h3-7H,2,8-9H2,1H3,(H,15,16). The van der Waals surface area contributed by atoms with Gasteiger partial charge in [0.25, 0.3) is 0 Å². The molecule has 1 N–H and O–H groups in total. The summed E-state index contributed by atoms with van der Waals surface area (Å²) in [5.74, 6) is 0.0715. The second-order valence-electron chi connectivity index (χ2n) is 3.41. The van der Waals surface area contributed by atoms with Gasteiger partial charge in [-0.15, -0.1) is 0 Å². The van der Waals surface area contributed by atoms with Crippen LogP contribution in [0.4, 0.5) is 10.5 Å². The second kappa shape index (κ2) is 5.90. The summed E-state index contributed by atoms with van der Waals surface area (Å²) >= 11 is 0. The highest BCUT2D eigenvalue weighted by Crippen LogP contribution is 2.13. The van der Waals surface area contributed by atoms with Crippen molar-refractivity contribution in [3.63, 3.8) is 0 Å². The van der Waals surface area contributed by atoms with Crippen LogP contribution in [0, 0.1) is 0 Å². The van der Waals surface area contributed by atoms with Gasteiger partial charge < -0.3 is 5.11 Å². The number of ketones is 1. The molecule has 4 nitrogen and oxygen atoms in total. The molecule has 0 radical (unpaired) electrons. The van der Waals surface area contributed by atoms with Crippen LogP contribution in [0.2, 0.25) is 0 Å². The van der Waals surface area contributed by atoms with Crippen LogP contribution in [-0.2, 0) is 4.79 Å². The zero-order valence-corrected chi connectivity index (χ0v) is 9.22. The zero-order valence-electron chi connectivity index (χ0n) is 9.22. The van der Waals surface area contributed by atoms with E-state index in [1.165, 1.54) is 4.90 Å². The summed E-state index contributed by atoms with van der Waals surface area (Å²) in [7, 11) is 0. The molecule has 0 fully saturated rings. The zero-order chi connectivity index (χ0) is 12.0. The first kappa shape index (κ1) is 12.2. The Hall–Kier alpha value is -1.84. The van der Waals surface area contributed by atoms with E-state index in [-0.39, 0.29) is 18.7 Å². The van der Waals surface area contributed by atoms with Crippen molar-refractivity contribution < 1.29 is 14.7 Å². The molecule has 86 valence electrons. The predicted octanol–water partition coefficient (Wildman–Crippen LogP) is 2.54. The van der Waals surface area contributed by atoms with Crippen LogP contribution in [0.15, 0.2) is 30.3 Å². The summed E-state index contributed by atoms with van der Waals surface area (Å²) in [6, 6.07) is 8.79. The van der Waals surface area contributed by atoms with Gasteiger partial charge in [-0.05, 0) is 12.1 Å². The predicted molar refractivity (Wildman–Crippen MR) is 61.7 cm³/mol. The lowest BCUT2D eigenvalue weighted by molar-refractivity contribution is -0.118. The van der Waals surface area contributed by atoms with Gasteiger partial charge in [0, 0.05) is 25.1 Å². The Balaban J connectivity index is 2.69. The lowest BCUT2D eigenvalue weighted by Gasteiger charge is -2.18. The van der Waals surface area contributed by atoms with Crippen molar-refractivity contribution in [3.8, 4) is 0 Å². The van der Waals surface area contributed by atoms with E-state index in [9.17, 15) is 9.59 Å². The van der Waals surface area contributed by atoms with Crippen LogP contribution in [0.25, 0.3) is 0 Å². The number of hydrogen-bond donors (Lipinski definition) is 1. The molecule has 1 aromatic rings. The quantitative estimate of drug-likeness (QED) is 0.831. The van der Waals surface area contributed by atoms with Crippen LogP contribution in [0.3, 0.4) is 0 Å². The van der Waals surface area contributed by atoms with Gasteiger partial charge in [0.1, 0.15) is 5.78 Å². The van der Waals surface area contributed by atoms with Crippen molar-refractivity contribution in [2.24, 2.45) is 0 Å². The SMILES string of the molecule is CCC(=O)CCN(C(=O)O)c1ccccc1. The van der Waals surface area contributed by atoms with Crippen LogP contribution in [0.5, 0.6) is 0 Å². The van der Waals surface area contributed by atoms with Crippen molar-refractivity contribution in [2.75, 3.05) is 11.4 Å². The van der Waals surface area contributed by atoms with E-state index in [4.69, 9.17) is 5.11 Å². The van der Waals surface area contributed by atoms with Crippen molar-refractivity contribution in [1.82, 2.24) is 0 Å². The first-order valence-electron chi connectivity index (χ1n) is 5.22. The van der Waals surface area contributed by atoms with Crippen LogP contribution in [-0.4, -0.2) is 23.5 Å². The first-order valence-corrected chi connectivity index (χ1v) is 5.22. The third-order valence-electron chi connectivity index (χ3n) is 2.31. The molecule has 0 aliphatic heterocycles. The minimum Gasteiger partial charge on any atom is -0.465 e. The molecule has 0 atom stereocenters. The maximum Gasteiger partial charge on any atom is 0.411 e. The Morgan fingerprint density at radius 3 is 2.38 bits per heavy atom. The maximum absolute atomic E-state index is 11.2. The molecule has 0 bridgehead atoms. The lowest BCUT2D eigenvalue weighted by atomic mass is 10.2. The number of para-hydroxylation sites is 1. The van der Waals surface area contributed by atoms with E-state index >= 15 is 0 Å². The Labute approximate surface area is 94.5 Å². The Bertz CT molecular complexity index is 362.